The molecule has 0 aromatic heterocycles. The van der Waals surface area contributed by atoms with Gasteiger partial charge in [0, 0.05) is 11.4 Å². The molecule has 6 nitrogen and oxygen atoms in total. The van der Waals surface area contributed by atoms with Gasteiger partial charge in [0.25, 0.3) is 0 Å². The van der Waals surface area contributed by atoms with E-state index in [0.29, 0.717) is 6.54 Å². The summed E-state index contributed by atoms with van der Waals surface area (Å²) in [7, 11) is 4.95. The molecule has 6 heteroatoms. The third-order valence-corrected chi connectivity index (χ3v) is 4.27. The Labute approximate surface area is 171 Å². The van der Waals surface area contributed by atoms with E-state index in [4.69, 9.17) is 19.2 Å². The Balaban J connectivity index is 1.77. The summed E-state index contributed by atoms with van der Waals surface area (Å²) in [6.07, 6.45) is 0. The highest BCUT2D eigenvalue weighted by Crippen LogP contribution is 2.20. The van der Waals surface area contributed by atoms with E-state index in [0.717, 1.165) is 40.1 Å². The number of benzene rings is 3. The Kier molecular flexibility index (Phi) is 6.95. The van der Waals surface area contributed by atoms with Crippen LogP contribution < -0.4 is 24.8 Å². The van der Waals surface area contributed by atoms with E-state index in [1.807, 2.05) is 72.8 Å². The number of hydrogen-bond donors (Lipinski definition) is 2. The SMILES string of the molecule is COc1ccc(N=C(CNc2ccc(OC)cc2)Nc2ccc(OC)cc2)cc1. The molecule has 150 valence electrons. The molecule has 0 radical (unpaired) electrons. The summed E-state index contributed by atoms with van der Waals surface area (Å²) in [4.78, 5) is 4.75. The maximum Gasteiger partial charge on any atom is 0.126 e. The molecule has 3 aromatic rings. The molecule has 2 N–H and O–H groups in total. The zero-order chi connectivity index (χ0) is 20.5. The number of rotatable bonds is 8. The maximum atomic E-state index is 5.22. The molecule has 0 heterocycles. The molecule has 0 amide bonds. The first-order chi connectivity index (χ1) is 14.2. The number of anilines is 2. The molecule has 0 aliphatic rings. The Morgan fingerprint density at radius 2 is 1.10 bits per heavy atom. The van der Waals surface area contributed by atoms with Crippen LogP contribution in [0.2, 0.25) is 0 Å². The highest BCUT2D eigenvalue weighted by molar-refractivity contribution is 5.99. The van der Waals surface area contributed by atoms with Crippen molar-refractivity contribution >= 4 is 22.9 Å². The van der Waals surface area contributed by atoms with Crippen molar-refractivity contribution in [1.82, 2.24) is 0 Å². The van der Waals surface area contributed by atoms with Gasteiger partial charge < -0.3 is 24.8 Å². The van der Waals surface area contributed by atoms with Crippen molar-refractivity contribution in [2.24, 2.45) is 4.99 Å². The van der Waals surface area contributed by atoms with Crippen LogP contribution in [0.4, 0.5) is 17.1 Å². The second-order valence-corrected chi connectivity index (χ2v) is 6.19. The highest BCUT2D eigenvalue weighted by Gasteiger charge is 2.04. The van der Waals surface area contributed by atoms with E-state index in [2.05, 4.69) is 10.6 Å². The molecule has 0 fully saturated rings. The summed E-state index contributed by atoms with van der Waals surface area (Å²) >= 11 is 0. The van der Waals surface area contributed by atoms with Gasteiger partial charge in [-0.2, -0.15) is 0 Å². The van der Waals surface area contributed by atoms with E-state index in [1.165, 1.54) is 0 Å². The summed E-state index contributed by atoms with van der Waals surface area (Å²) in [5, 5.41) is 6.76. The third kappa shape index (κ3) is 5.90. The lowest BCUT2D eigenvalue weighted by molar-refractivity contribution is 0.415. The molecule has 0 aliphatic carbocycles. The fourth-order valence-electron chi connectivity index (χ4n) is 2.66. The van der Waals surface area contributed by atoms with Crippen LogP contribution in [0, 0.1) is 0 Å². The van der Waals surface area contributed by atoms with Crippen molar-refractivity contribution in [2.45, 2.75) is 0 Å². The van der Waals surface area contributed by atoms with Gasteiger partial charge in [-0.3, -0.25) is 0 Å². The molecule has 0 unspecified atom stereocenters. The largest absolute Gasteiger partial charge is 0.497 e. The third-order valence-electron chi connectivity index (χ3n) is 4.27. The second-order valence-electron chi connectivity index (χ2n) is 6.19. The van der Waals surface area contributed by atoms with Crippen molar-refractivity contribution in [3.8, 4) is 17.2 Å². The maximum absolute atomic E-state index is 5.22. The molecule has 3 rings (SSSR count). The summed E-state index contributed by atoms with van der Waals surface area (Å²) in [6, 6.07) is 23.1. The topological polar surface area (TPSA) is 64.1 Å². The van der Waals surface area contributed by atoms with Gasteiger partial charge in [-0.1, -0.05) is 0 Å². The number of nitrogens with one attached hydrogen (secondary N) is 2. The van der Waals surface area contributed by atoms with Crippen LogP contribution in [0.15, 0.2) is 77.8 Å². The Hall–Kier alpha value is -3.67. The van der Waals surface area contributed by atoms with Crippen LogP contribution in [0.3, 0.4) is 0 Å². The first kappa shape index (κ1) is 20.1. The molecule has 29 heavy (non-hydrogen) atoms. The molecule has 3 aromatic carbocycles. The molecular weight excluding hydrogens is 366 g/mol. The van der Waals surface area contributed by atoms with Gasteiger partial charge in [0.15, 0.2) is 0 Å². The summed E-state index contributed by atoms with van der Waals surface area (Å²) in [6.45, 7) is 0.518. The molecule has 0 atom stereocenters. The molecule has 0 bridgehead atoms. The lowest BCUT2D eigenvalue weighted by Crippen LogP contribution is -2.22. The van der Waals surface area contributed by atoms with E-state index in [-0.39, 0.29) is 0 Å². The fraction of sp³-hybridized carbons (Fsp3) is 0.174. The van der Waals surface area contributed by atoms with Crippen LogP contribution in [0.1, 0.15) is 0 Å². The number of nitrogens with zero attached hydrogens (tertiary/aromatic N) is 1. The fourth-order valence-corrected chi connectivity index (χ4v) is 2.66. The minimum atomic E-state index is 0.518. The Bertz CT molecular complexity index is 921. The molecule has 0 saturated heterocycles. The smallest absolute Gasteiger partial charge is 0.126 e. The predicted molar refractivity (Wildman–Crippen MR) is 118 cm³/mol. The molecule has 0 aliphatic heterocycles. The van der Waals surface area contributed by atoms with Gasteiger partial charge in [-0.15, -0.1) is 0 Å². The van der Waals surface area contributed by atoms with Crippen LogP contribution in [0.5, 0.6) is 17.2 Å². The zero-order valence-electron chi connectivity index (χ0n) is 16.8. The van der Waals surface area contributed by atoms with E-state index >= 15 is 0 Å². The van der Waals surface area contributed by atoms with Crippen LogP contribution in [0.25, 0.3) is 0 Å². The number of methoxy groups -OCH3 is 3. The van der Waals surface area contributed by atoms with Crippen LogP contribution in [-0.2, 0) is 0 Å². The van der Waals surface area contributed by atoms with E-state index < -0.39 is 0 Å². The monoisotopic (exact) mass is 391 g/mol. The van der Waals surface area contributed by atoms with Gasteiger partial charge >= 0.3 is 0 Å². The molecule has 0 saturated carbocycles. The van der Waals surface area contributed by atoms with Gasteiger partial charge in [0.2, 0.25) is 0 Å². The standard InChI is InChI=1S/C23H25N3O3/c1-27-20-10-4-17(5-11-20)24-16-23(25-18-6-12-21(28-2)13-7-18)26-19-8-14-22(29-3)15-9-19/h4-15,24H,16H2,1-3H3,(H,25,26). The zero-order valence-corrected chi connectivity index (χ0v) is 16.8. The van der Waals surface area contributed by atoms with E-state index in [9.17, 15) is 0 Å². The summed E-state index contributed by atoms with van der Waals surface area (Å²) in [5.41, 5.74) is 2.73. The average molecular weight is 391 g/mol. The normalized spacial score (nSPS) is 10.9. The molecule has 0 spiro atoms. The summed E-state index contributed by atoms with van der Waals surface area (Å²) in [5.74, 6) is 3.20. The van der Waals surface area contributed by atoms with Crippen LogP contribution in [-0.4, -0.2) is 33.7 Å². The Morgan fingerprint density at radius 1 is 0.655 bits per heavy atom. The highest BCUT2D eigenvalue weighted by atomic mass is 16.5. The predicted octanol–water partition coefficient (Wildman–Crippen LogP) is 4.97. The first-order valence-corrected chi connectivity index (χ1v) is 9.21. The average Bonchev–Trinajstić information content (AvgIpc) is 2.79. The van der Waals surface area contributed by atoms with Gasteiger partial charge in [0.1, 0.15) is 23.1 Å². The van der Waals surface area contributed by atoms with Gasteiger partial charge in [-0.05, 0) is 72.8 Å². The quantitative estimate of drug-likeness (QED) is 0.419. The number of hydrogen-bond acceptors (Lipinski definition) is 5. The van der Waals surface area contributed by atoms with Crippen molar-refractivity contribution in [3.63, 3.8) is 0 Å². The number of ether oxygens (including phenoxy) is 3. The number of aliphatic imine (C=N–C) groups is 1. The van der Waals surface area contributed by atoms with Crippen molar-refractivity contribution < 1.29 is 14.2 Å². The van der Waals surface area contributed by atoms with Crippen molar-refractivity contribution in [2.75, 3.05) is 38.5 Å². The van der Waals surface area contributed by atoms with Gasteiger partial charge in [0.05, 0.1) is 33.6 Å². The minimum absolute atomic E-state index is 0.518. The first-order valence-electron chi connectivity index (χ1n) is 9.21. The van der Waals surface area contributed by atoms with Crippen molar-refractivity contribution in [1.29, 1.82) is 0 Å². The molecular formula is C23H25N3O3. The van der Waals surface area contributed by atoms with E-state index in [1.54, 1.807) is 21.3 Å². The van der Waals surface area contributed by atoms with Crippen molar-refractivity contribution in [3.05, 3.63) is 72.8 Å². The Morgan fingerprint density at radius 3 is 1.59 bits per heavy atom. The number of amidine groups is 1. The van der Waals surface area contributed by atoms with Crippen LogP contribution >= 0.6 is 0 Å². The summed E-state index contributed by atoms with van der Waals surface area (Å²) < 4.78 is 15.6. The second kappa shape index (κ2) is 10.0. The lowest BCUT2D eigenvalue weighted by Gasteiger charge is -2.13. The minimum Gasteiger partial charge on any atom is -0.497 e. The lowest BCUT2D eigenvalue weighted by atomic mass is 10.2. The van der Waals surface area contributed by atoms with Gasteiger partial charge in [-0.25, -0.2) is 4.99 Å².